The molecule has 0 aromatic heterocycles. The van der Waals surface area contributed by atoms with Crippen LogP contribution in [0.1, 0.15) is 19.8 Å². The van der Waals surface area contributed by atoms with Gasteiger partial charge in [-0.1, -0.05) is 0 Å². The zero-order valence-corrected chi connectivity index (χ0v) is 7.92. The van der Waals surface area contributed by atoms with Gasteiger partial charge in [0.1, 0.15) is 0 Å². The molecule has 4 heteroatoms. The third kappa shape index (κ3) is 1.69. The van der Waals surface area contributed by atoms with Crippen molar-refractivity contribution in [2.45, 2.75) is 31.4 Å². The molecular formula is C9H16N2O2. The maximum Gasteiger partial charge on any atom is 0.239 e. The number of hydrogen-bond donors (Lipinski definition) is 2. The Bertz CT molecular complexity index is 214. The quantitative estimate of drug-likeness (QED) is 0.568. The average molecular weight is 184 g/mol. The number of likely N-dealkylation sites (tertiary alicyclic amines) is 1. The van der Waals surface area contributed by atoms with Gasteiger partial charge in [0, 0.05) is 0 Å². The molecule has 0 aromatic carbocycles. The first-order valence-corrected chi connectivity index (χ1v) is 4.83. The molecule has 0 aromatic rings. The second kappa shape index (κ2) is 2.96. The molecule has 2 heterocycles. The van der Waals surface area contributed by atoms with E-state index >= 15 is 0 Å². The van der Waals surface area contributed by atoms with Crippen molar-refractivity contribution in [3.8, 4) is 0 Å². The number of nitrogens with one attached hydrogen (secondary N) is 1. The molecule has 0 saturated carbocycles. The summed E-state index contributed by atoms with van der Waals surface area (Å²) in [5.74, 6) is 0.157. The number of carbonyl (C=O) groups is 1. The molecule has 0 radical (unpaired) electrons. The van der Waals surface area contributed by atoms with E-state index in [-0.39, 0.29) is 11.9 Å². The van der Waals surface area contributed by atoms with Gasteiger partial charge in [0.05, 0.1) is 24.7 Å². The molecule has 74 valence electrons. The number of hydrogen-bond acceptors (Lipinski definition) is 3. The fourth-order valence-electron chi connectivity index (χ4n) is 2.05. The highest BCUT2D eigenvalue weighted by Gasteiger charge is 2.41. The Morgan fingerprint density at radius 2 is 2.31 bits per heavy atom. The number of β-amino-alcohol motifs (C(OH)–C–C–N with tert-alkyl or cyclic N) is 1. The lowest BCUT2D eigenvalue weighted by Gasteiger charge is -2.45. The summed E-state index contributed by atoms with van der Waals surface area (Å²) >= 11 is 0. The summed E-state index contributed by atoms with van der Waals surface area (Å²) in [4.78, 5) is 13.4. The Kier molecular flexibility index (Phi) is 2.04. The second-order valence-electron chi connectivity index (χ2n) is 4.34. The lowest BCUT2D eigenvalue weighted by molar-refractivity contribution is -0.154. The standard InChI is InChI=1S/C9H16N2O2/c1-9(13)5-11(6-9)8(12)7-3-2-4-10-7/h7,10,13H,2-6H2,1H3/t7-/m0/s1. The molecule has 13 heavy (non-hydrogen) atoms. The minimum Gasteiger partial charge on any atom is -0.386 e. The van der Waals surface area contributed by atoms with Crippen LogP contribution in [0.15, 0.2) is 0 Å². The van der Waals surface area contributed by atoms with Crippen molar-refractivity contribution in [3.05, 3.63) is 0 Å². The first-order valence-electron chi connectivity index (χ1n) is 4.83. The number of amides is 1. The van der Waals surface area contributed by atoms with Crippen LogP contribution in [0.5, 0.6) is 0 Å². The molecule has 0 unspecified atom stereocenters. The van der Waals surface area contributed by atoms with Crippen LogP contribution >= 0.6 is 0 Å². The number of aliphatic hydroxyl groups is 1. The molecule has 0 bridgehead atoms. The first-order chi connectivity index (χ1) is 6.08. The summed E-state index contributed by atoms with van der Waals surface area (Å²) in [6, 6.07) is 0.0103. The zero-order chi connectivity index (χ0) is 9.47. The minimum absolute atomic E-state index is 0.0103. The fourth-order valence-corrected chi connectivity index (χ4v) is 2.05. The largest absolute Gasteiger partial charge is 0.386 e. The van der Waals surface area contributed by atoms with Crippen LogP contribution in [0.3, 0.4) is 0 Å². The third-order valence-electron chi connectivity index (χ3n) is 2.73. The van der Waals surface area contributed by atoms with E-state index in [1.807, 2.05) is 0 Å². The van der Waals surface area contributed by atoms with Gasteiger partial charge in [-0.2, -0.15) is 0 Å². The summed E-state index contributed by atoms with van der Waals surface area (Å²) in [7, 11) is 0. The molecule has 2 fully saturated rings. The van der Waals surface area contributed by atoms with Gasteiger partial charge in [0.15, 0.2) is 0 Å². The number of nitrogens with zero attached hydrogens (tertiary/aromatic N) is 1. The van der Waals surface area contributed by atoms with E-state index in [2.05, 4.69) is 5.32 Å². The lowest BCUT2D eigenvalue weighted by Crippen LogP contribution is -2.64. The highest BCUT2D eigenvalue weighted by atomic mass is 16.3. The van der Waals surface area contributed by atoms with Crippen molar-refractivity contribution in [1.29, 1.82) is 0 Å². The summed E-state index contributed by atoms with van der Waals surface area (Å²) in [6.45, 7) is 3.69. The molecule has 0 spiro atoms. The monoisotopic (exact) mass is 184 g/mol. The summed E-state index contributed by atoms with van der Waals surface area (Å²) in [5, 5.41) is 12.6. The molecule has 2 aliphatic rings. The Morgan fingerprint density at radius 1 is 1.62 bits per heavy atom. The highest BCUT2D eigenvalue weighted by molar-refractivity contribution is 5.83. The average Bonchev–Trinajstić information content (AvgIpc) is 2.50. The van der Waals surface area contributed by atoms with Crippen molar-refractivity contribution < 1.29 is 9.90 Å². The molecule has 2 rings (SSSR count). The first kappa shape index (κ1) is 8.97. The van der Waals surface area contributed by atoms with Crippen molar-refractivity contribution in [2.24, 2.45) is 0 Å². The maximum absolute atomic E-state index is 11.7. The predicted molar refractivity (Wildman–Crippen MR) is 48.2 cm³/mol. The molecular weight excluding hydrogens is 168 g/mol. The molecule has 4 nitrogen and oxygen atoms in total. The molecule has 0 aliphatic carbocycles. The Labute approximate surface area is 77.9 Å². The van der Waals surface area contributed by atoms with E-state index in [1.165, 1.54) is 0 Å². The van der Waals surface area contributed by atoms with Crippen LogP contribution in [0.25, 0.3) is 0 Å². The van der Waals surface area contributed by atoms with Gasteiger partial charge in [-0.05, 0) is 26.3 Å². The molecule has 1 amide bonds. The lowest BCUT2D eigenvalue weighted by atomic mass is 9.96. The third-order valence-corrected chi connectivity index (χ3v) is 2.73. The van der Waals surface area contributed by atoms with Crippen molar-refractivity contribution in [2.75, 3.05) is 19.6 Å². The van der Waals surface area contributed by atoms with Crippen LogP contribution in [-0.4, -0.2) is 47.2 Å². The van der Waals surface area contributed by atoms with Crippen molar-refractivity contribution in [1.82, 2.24) is 10.2 Å². The van der Waals surface area contributed by atoms with Gasteiger partial charge in [0.2, 0.25) is 5.91 Å². The van der Waals surface area contributed by atoms with Crippen LogP contribution in [-0.2, 0) is 4.79 Å². The SMILES string of the molecule is CC1(O)CN(C(=O)[C@@H]2CCCN2)C1. The highest BCUT2D eigenvalue weighted by Crippen LogP contribution is 2.22. The second-order valence-corrected chi connectivity index (χ2v) is 4.34. The zero-order valence-electron chi connectivity index (χ0n) is 7.92. The minimum atomic E-state index is -0.645. The molecule has 2 aliphatic heterocycles. The summed E-state index contributed by atoms with van der Waals surface area (Å²) < 4.78 is 0. The van der Waals surface area contributed by atoms with Crippen LogP contribution in [0.4, 0.5) is 0 Å². The predicted octanol–water partition coefficient (Wildman–Crippen LogP) is -0.668. The Balaban J connectivity index is 1.85. The van der Waals surface area contributed by atoms with Gasteiger partial charge in [-0.3, -0.25) is 4.79 Å². The Hall–Kier alpha value is -0.610. The fraction of sp³-hybridized carbons (Fsp3) is 0.889. The van der Waals surface area contributed by atoms with Crippen LogP contribution < -0.4 is 5.32 Å². The van der Waals surface area contributed by atoms with Crippen molar-refractivity contribution in [3.63, 3.8) is 0 Å². The van der Waals surface area contributed by atoms with Gasteiger partial charge in [-0.15, -0.1) is 0 Å². The summed E-state index contributed by atoms with van der Waals surface area (Å²) in [5.41, 5.74) is -0.645. The van der Waals surface area contributed by atoms with E-state index in [9.17, 15) is 9.90 Å². The Morgan fingerprint density at radius 3 is 2.77 bits per heavy atom. The van der Waals surface area contributed by atoms with E-state index in [0.29, 0.717) is 13.1 Å². The van der Waals surface area contributed by atoms with Gasteiger partial charge in [-0.25, -0.2) is 0 Å². The van der Waals surface area contributed by atoms with Gasteiger partial charge < -0.3 is 15.3 Å². The van der Waals surface area contributed by atoms with Gasteiger partial charge >= 0.3 is 0 Å². The maximum atomic E-state index is 11.7. The van der Waals surface area contributed by atoms with E-state index < -0.39 is 5.60 Å². The van der Waals surface area contributed by atoms with Crippen LogP contribution in [0.2, 0.25) is 0 Å². The molecule has 2 N–H and O–H groups in total. The molecule has 2 saturated heterocycles. The molecule has 1 atom stereocenters. The topological polar surface area (TPSA) is 52.6 Å². The van der Waals surface area contributed by atoms with E-state index in [1.54, 1.807) is 11.8 Å². The smallest absolute Gasteiger partial charge is 0.239 e. The van der Waals surface area contributed by atoms with Crippen LogP contribution in [0, 0.1) is 0 Å². The van der Waals surface area contributed by atoms with Gasteiger partial charge in [0.25, 0.3) is 0 Å². The number of carbonyl (C=O) groups excluding carboxylic acids is 1. The van der Waals surface area contributed by atoms with E-state index in [4.69, 9.17) is 0 Å². The summed E-state index contributed by atoms with van der Waals surface area (Å²) in [6.07, 6.45) is 2.03. The number of rotatable bonds is 1. The van der Waals surface area contributed by atoms with Crippen molar-refractivity contribution >= 4 is 5.91 Å². The normalized spacial score (nSPS) is 31.5. The van der Waals surface area contributed by atoms with E-state index in [0.717, 1.165) is 19.4 Å².